The van der Waals surface area contributed by atoms with Crippen LogP contribution in [0.4, 0.5) is 5.82 Å². The molecule has 84 valence electrons. The largest absolute Gasteiger partial charge is 0.366 e. The molecule has 2 N–H and O–H groups in total. The van der Waals surface area contributed by atoms with Crippen LogP contribution >= 0.6 is 12.4 Å². The van der Waals surface area contributed by atoms with Crippen LogP contribution in [0, 0.1) is 6.92 Å². The Hall–Kier alpha value is -0.800. The maximum absolute atomic E-state index is 4.29. The second-order valence-corrected chi connectivity index (χ2v) is 3.91. The Morgan fingerprint density at radius 3 is 3.07 bits per heavy atom. The van der Waals surface area contributed by atoms with Crippen LogP contribution in [0.25, 0.3) is 0 Å². The summed E-state index contributed by atoms with van der Waals surface area (Å²) in [5.41, 5.74) is 1.26. The summed E-state index contributed by atoms with van der Waals surface area (Å²) in [5.74, 6) is 0.999. The number of nitrogens with zero attached hydrogens (tertiary/aromatic N) is 1. The van der Waals surface area contributed by atoms with Gasteiger partial charge in [-0.05, 0) is 44.0 Å². The lowest BCUT2D eigenvalue weighted by molar-refractivity contribution is 0.479. The second-order valence-electron chi connectivity index (χ2n) is 3.91. The fraction of sp³-hybridized carbons (Fsp3) is 0.545. The molecule has 0 bridgehead atoms. The first-order valence-electron chi connectivity index (χ1n) is 5.24. The molecule has 1 aliphatic rings. The molecular weight excluding hydrogens is 210 g/mol. The first-order valence-corrected chi connectivity index (χ1v) is 5.24. The zero-order valence-electron chi connectivity index (χ0n) is 8.99. The zero-order chi connectivity index (χ0) is 9.80. The van der Waals surface area contributed by atoms with Crippen molar-refractivity contribution in [2.45, 2.75) is 25.8 Å². The number of hydrogen-bond acceptors (Lipinski definition) is 3. The Kier molecular flexibility index (Phi) is 4.85. The Morgan fingerprint density at radius 2 is 2.40 bits per heavy atom. The van der Waals surface area contributed by atoms with E-state index in [2.05, 4.69) is 28.6 Å². The van der Waals surface area contributed by atoms with Crippen molar-refractivity contribution >= 4 is 18.2 Å². The molecule has 1 aromatic heterocycles. The van der Waals surface area contributed by atoms with Crippen molar-refractivity contribution < 1.29 is 0 Å². The van der Waals surface area contributed by atoms with E-state index in [0.717, 1.165) is 18.9 Å². The second kappa shape index (κ2) is 5.93. The lowest BCUT2D eigenvalue weighted by Crippen LogP contribution is -2.38. The van der Waals surface area contributed by atoms with Crippen molar-refractivity contribution in [1.82, 2.24) is 10.3 Å². The van der Waals surface area contributed by atoms with E-state index in [1.807, 2.05) is 12.3 Å². The maximum atomic E-state index is 4.29. The normalized spacial score (nSPS) is 20.5. The molecule has 0 aliphatic carbocycles. The molecule has 0 radical (unpaired) electrons. The molecule has 1 saturated heterocycles. The molecule has 1 aromatic rings. The molecule has 0 saturated carbocycles. The molecule has 2 rings (SSSR count). The van der Waals surface area contributed by atoms with Gasteiger partial charge in [-0.25, -0.2) is 4.98 Å². The van der Waals surface area contributed by atoms with E-state index in [4.69, 9.17) is 0 Å². The van der Waals surface area contributed by atoms with Crippen molar-refractivity contribution in [3.05, 3.63) is 23.9 Å². The maximum Gasteiger partial charge on any atom is 0.126 e. The molecule has 4 heteroatoms. The molecule has 3 nitrogen and oxygen atoms in total. The number of rotatable bonds is 2. The third kappa shape index (κ3) is 3.68. The number of hydrogen-bond donors (Lipinski definition) is 2. The number of aryl methyl sites for hydroxylation is 1. The van der Waals surface area contributed by atoms with Crippen molar-refractivity contribution in [2.24, 2.45) is 0 Å². The van der Waals surface area contributed by atoms with E-state index in [1.165, 1.54) is 18.4 Å². The van der Waals surface area contributed by atoms with E-state index in [0.29, 0.717) is 6.04 Å². The van der Waals surface area contributed by atoms with Crippen LogP contribution in [0.3, 0.4) is 0 Å². The molecule has 0 aromatic carbocycles. The van der Waals surface area contributed by atoms with Crippen molar-refractivity contribution in [3.8, 4) is 0 Å². The summed E-state index contributed by atoms with van der Waals surface area (Å²) in [5, 5.41) is 6.83. The SMILES string of the molecule is Cc1ccnc(NC2CCCNC2)c1.Cl. The van der Waals surface area contributed by atoms with Gasteiger partial charge < -0.3 is 10.6 Å². The molecule has 1 aliphatic heterocycles. The molecular formula is C11H18ClN3. The summed E-state index contributed by atoms with van der Waals surface area (Å²) in [6, 6.07) is 4.65. The Bertz CT molecular complexity index is 298. The molecule has 2 heterocycles. The highest BCUT2D eigenvalue weighted by atomic mass is 35.5. The highest BCUT2D eigenvalue weighted by Gasteiger charge is 2.12. The number of anilines is 1. The molecule has 0 spiro atoms. The minimum absolute atomic E-state index is 0. The van der Waals surface area contributed by atoms with Gasteiger partial charge in [0, 0.05) is 18.8 Å². The van der Waals surface area contributed by atoms with Gasteiger partial charge in [0.25, 0.3) is 0 Å². The molecule has 1 atom stereocenters. The summed E-state index contributed by atoms with van der Waals surface area (Å²) in [6.45, 7) is 4.29. The quantitative estimate of drug-likeness (QED) is 0.811. The monoisotopic (exact) mass is 227 g/mol. The van der Waals surface area contributed by atoms with Gasteiger partial charge in [-0.15, -0.1) is 12.4 Å². The molecule has 0 amide bonds. The van der Waals surface area contributed by atoms with E-state index < -0.39 is 0 Å². The summed E-state index contributed by atoms with van der Waals surface area (Å²) < 4.78 is 0. The van der Waals surface area contributed by atoms with Crippen molar-refractivity contribution in [2.75, 3.05) is 18.4 Å². The lowest BCUT2D eigenvalue weighted by atomic mass is 10.1. The van der Waals surface area contributed by atoms with Crippen molar-refractivity contribution in [3.63, 3.8) is 0 Å². The van der Waals surface area contributed by atoms with Crippen LogP contribution in [0.2, 0.25) is 0 Å². The fourth-order valence-corrected chi connectivity index (χ4v) is 1.80. The van der Waals surface area contributed by atoms with E-state index in [1.54, 1.807) is 0 Å². The van der Waals surface area contributed by atoms with E-state index in [-0.39, 0.29) is 12.4 Å². The standard InChI is InChI=1S/C11H17N3.ClH/c1-9-4-6-13-11(7-9)14-10-3-2-5-12-8-10;/h4,6-7,10,12H,2-3,5,8H2,1H3,(H,13,14);1H. The Morgan fingerprint density at radius 1 is 1.53 bits per heavy atom. The minimum Gasteiger partial charge on any atom is -0.366 e. The number of pyridine rings is 1. The first kappa shape index (κ1) is 12.3. The fourth-order valence-electron chi connectivity index (χ4n) is 1.80. The van der Waals surface area contributed by atoms with Gasteiger partial charge >= 0.3 is 0 Å². The summed E-state index contributed by atoms with van der Waals surface area (Å²) in [7, 11) is 0. The van der Waals surface area contributed by atoms with Gasteiger partial charge in [0.15, 0.2) is 0 Å². The zero-order valence-corrected chi connectivity index (χ0v) is 9.81. The molecule has 15 heavy (non-hydrogen) atoms. The summed E-state index contributed by atoms with van der Waals surface area (Å²) in [4.78, 5) is 4.29. The predicted octanol–water partition coefficient (Wildman–Crippen LogP) is 1.98. The average molecular weight is 228 g/mol. The van der Waals surface area contributed by atoms with E-state index in [9.17, 15) is 0 Å². The van der Waals surface area contributed by atoms with Gasteiger partial charge in [0.05, 0.1) is 0 Å². The number of aromatic nitrogens is 1. The van der Waals surface area contributed by atoms with Crippen LogP contribution in [0.15, 0.2) is 18.3 Å². The van der Waals surface area contributed by atoms with E-state index >= 15 is 0 Å². The smallest absolute Gasteiger partial charge is 0.126 e. The van der Waals surface area contributed by atoms with Gasteiger partial charge in [-0.2, -0.15) is 0 Å². The average Bonchev–Trinajstić information content (AvgIpc) is 2.19. The van der Waals surface area contributed by atoms with Gasteiger partial charge in [0.1, 0.15) is 5.82 Å². The Labute approximate surface area is 97.1 Å². The lowest BCUT2D eigenvalue weighted by Gasteiger charge is -2.24. The van der Waals surface area contributed by atoms with Crippen LogP contribution in [-0.4, -0.2) is 24.1 Å². The Balaban J connectivity index is 0.00000112. The third-order valence-electron chi connectivity index (χ3n) is 2.56. The topological polar surface area (TPSA) is 37.0 Å². The van der Waals surface area contributed by atoms with Crippen LogP contribution in [0.1, 0.15) is 18.4 Å². The first-order chi connectivity index (χ1) is 6.84. The molecule has 1 fully saturated rings. The highest BCUT2D eigenvalue weighted by molar-refractivity contribution is 5.85. The number of nitrogens with one attached hydrogen (secondary N) is 2. The third-order valence-corrected chi connectivity index (χ3v) is 2.56. The van der Waals surface area contributed by atoms with Gasteiger partial charge in [0.2, 0.25) is 0 Å². The van der Waals surface area contributed by atoms with Gasteiger partial charge in [-0.3, -0.25) is 0 Å². The number of piperidine rings is 1. The van der Waals surface area contributed by atoms with Crippen LogP contribution in [0.5, 0.6) is 0 Å². The predicted molar refractivity (Wildman–Crippen MR) is 65.7 cm³/mol. The number of halogens is 1. The summed E-state index contributed by atoms with van der Waals surface area (Å²) in [6.07, 6.45) is 4.35. The van der Waals surface area contributed by atoms with Gasteiger partial charge in [-0.1, -0.05) is 0 Å². The highest BCUT2D eigenvalue weighted by Crippen LogP contribution is 2.10. The van der Waals surface area contributed by atoms with Crippen LogP contribution < -0.4 is 10.6 Å². The van der Waals surface area contributed by atoms with Crippen molar-refractivity contribution in [1.29, 1.82) is 0 Å². The molecule has 1 unspecified atom stereocenters. The summed E-state index contributed by atoms with van der Waals surface area (Å²) >= 11 is 0. The minimum atomic E-state index is 0. The van der Waals surface area contributed by atoms with Crippen LogP contribution in [-0.2, 0) is 0 Å².